The lowest BCUT2D eigenvalue weighted by molar-refractivity contribution is 1.17. The predicted molar refractivity (Wildman–Crippen MR) is 111 cm³/mol. The first-order chi connectivity index (χ1) is 13.1. The Morgan fingerprint density at radius 2 is 1.56 bits per heavy atom. The zero-order valence-electron chi connectivity index (χ0n) is 13.9. The van der Waals surface area contributed by atoms with Crippen LogP contribution in [-0.4, -0.2) is 15.0 Å². The van der Waals surface area contributed by atoms with E-state index < -0.39 is 0 Å². The van der Waals surface area contributed by atoms with Crippen molar-refractivity contribution >= 4 is 62.8 Å². The SMILES string of the molecule is Nc1c(Nc2cc(Cl)ccc2Cl)ncnc1Nc1cccc2cccnc12. The van der Waals surface area contributed by atoms with Gasteiger partial charge in [0, 0.05) is 16.6 Å². The van der Waals surface area contributed by atoms with Gasteiger partial charge in [-0.1, -0.05) is 41.4 Å². The van der Waals surface area contributed by atoms with E-state index in [0.29, 0.717) is 33.1 Å². The molecule has 0 amide bonds. The van der Waals surface area contributed by atoms with Crippen LogP contribution < -0.4 is 16.4 Å². The van der Waals surface area contributed by atoms with Crippen LogP contribution in [0.2, 0.25) is 10.0 Å². The number of pyridine rings is 1. The lowest BCUT2D eigenvalue weighted by Gasteiger charge is -2.14. The molecule has 2 heterocycles. The molecule has 0 saturated heterocycles. The minimum atomic E-state index is 0.349. The number of aromatic nitrogens is 3. The molecule has 0 radical (unpaired) electrons. The van der Waals surface area contributed by atoms with E-state index >= 15 is 0 Å². The average Bonchev–Trinajstić information content (AvgIpc) is 2.68. The van der Waals surface area contributed by atoms with E-state index in [-0.39, 0.29) is 0 Å². The van der Waals surface area contributed by atoms with E-state index in [1.165, 1.54) is 6.33 Å². The molecule has 0 bridgehead atoms. The molecule has 4 N–H and O–H groups in total. The summed E-state index contributed by atoms with van der Waals surface area (Å²) in [6.45, 7) is 0. The molecule has 0 aliphatic rings. The minimum absolute atomic E-state index is 0.349. The van der Waals surface area contributed by atoms with Crippen LogP contribution in [0, 0.1) is 0 Å². The van der Waals surface area contributed by atoms with Crippen LogP contribution in [0.5, 0.6) is 0 Å². The summed E-state index contributed by atoms with van der Waals surface area (Å²) in [5.41, 5.74) is 8.84. The molecule has 0 aliphatic carbocycles. The van der Waals surface area contributed by atoms with Gasteiger partial charge in [-0.3, -0.25) is 4.98 Å². The molecule has 0 spiro atoms. The van der Waals surface area contributed by atoms with E-state index in [1.54, 1.807) is 24.4 Å². The number of rotatable bonds is 4. The van der Waals surface area contributed by atoms with Gasteiger partial charge in [-0.2, -0.15) is 0 Å². The van der Waals surface area contributed by atoms with Crippen molar-refractivity contribution in [1.82, 2.24) is 15.0 Å². The number of nitrogens with zero attached hydrogens (tertiary/aromatic N) is 3. The molecule has 8 heteroatoms. The third kappa shape index (κ3) is 3.58. The van der Waals surface area contributed by atoms with E-state index in [9.17, 15) is 0 Å². The molecule has 27 heavy (non-hydrogen) atoms. The third-order valence-electron chi connectivity index (χ3n) is 3.95. The molecular weight excluding hydrogens is 383 g/mol. The highest BCUT2D eigenvalue weighted by Crippen LogP contribution is 2.33. The van der Waals surface area contributed by atoms with Crippen molar-refractivity contribution < 1.29 is 0 Å². The Morgan fingerprint density at radius 1 is 0.815 bits per heavy atom. The summed E-state index contributed by atoms with van der Waals surface area (Å²) in [4.78, 5) is 12.9. The maximum Gasteiger partial charge on any atom is 0.159 e. The summed E-state index contributed by atoms with van der Waals surface area (Å²) < 4.78 is 0. The van der Waals surface area contributed by atoms with Gasteiger partial charge in [0.15, 0.2) is 11.6 Å². The Hall–Kier alpha value is -3.09. The summed E-state index contributed by atoms with van der Waals surface area (Å²) in [7, 11) is 0. The standard InChI is InChI=1S/C19H14Cl2N6/c20-12-6-7-13(21)15(9-12)27-19-16(22)18(24-10-25-19)26-14-5-1-3-11-4-2-8-23-17(11)14/h1-10H,22H2,(H2,24,25,26,27). The summed E-state index contributed by atoms with van der Waals surface area (Å²) in [6, 6.07) is 14.8. The van der Waals surface area contributed by atoms with Gasteiger partial charge in [0.05, 0.1) is 21.9 Å². The molecule has 134 valence electrons. The molecular formula is C19H14Cl2N6. The number of benzene rings is 2. The first-order valence-corrected chi connectivity index (χ1v) is 8.81. The molecule has 0 atom stereocenters. The van der Waals surface area contributed by atoms with E-state index in [4.69, 9.17) is 28.9 Å². The summed E-state index contributed by atoms with van der Waals surface area (Å²) >= 11 is 12.2. The van der Waals surface area contributed by atoms with Gasteiger partial charge >= 0.3 is 0 Å². The second-order valence-electron chi connectivity index (χ2n) is 5.74. The Labute approximate surface area is 165 Å². The van der Waals surface area contributed by atoms with Gasteiger partial charge < -0.3 is 16.4 Å². The fraction of sp³-hybridized carbons (Fsp3) is 0. The first-order valence-electron chi connectivity index (χ1n) is 8.05. The maximum absolute atomic E-state index is 6.26. The van der Waals surface area contributed by atoms with Gasteiger partial charge in [-0.25, -0.2) is 9.97 Å². The van der Waals surface area contributed by atoms with Crippen molar-refractivity contribution in [1.29, 1.82) is 0 Å². The summed E-state index contributed by atoms with van der Waals surface area (Å²) in [6.07, 6.45) is 3.16. The van der Waals surface area contributed by atoms with Gasteiger partial charge in [0.25, 0.3) is 0 Å². The molecule has 0 fully saturated rings. The van der Waals surface area contributed by atoms with Gasteiger partial charge in [-0.05, 0) is 30.3 Å². The molecule has 6 nitrogen and oxygen atoms in total. The van der Waals surface area contributed by atoms with Crippen LogP contribution in [0.25, 0.3) is 10.9 Å². The van der Waals surface area contributed by atoms with Crippen LogP contribution in [0.4, 0.5) is 28.7 Å². The van der Waals surface area contributed by atoms with Crippen LogP contribution in [0.3, 0.4) is 0 Å². The number of nitrogen functional groups attached to an aromatic ring is 1. The molecule has 0 unspecified atom stereocenters. The lowest BCUT2D eigenvalue weighted by atomic mass is 10.2. The fourth-order valence-electron chi connectivity index (χ4n) is 2.65. The quantitative estimate of drug-likeness (QED) is 0.427. The molecule has 4 aromatic rings. The van der Waals surface area contributed by atoms with E-state index in [0.717, 1.165) is 16.6 Å². The van der Waals surface area contributed by atoms with E-state index in [2.05, 4.69) is 25.6 Å². The average molecular weight is 397 g/mol. The van der Waals surface area contributed by atoms with Gasteiger partial charge in [0.2, 0.25) is 0 Å². The second kappa shape index (κ2) is 7.26. The highest BCUT2D eigenvalue weighted by atomic mass is 35.5. The summed E-state index contributed by atoms with van der Waals surface area (Å²) in [5, 5.41) is 8.39. The number of hydrogen-bond acceptors (Lipinski definition) is 6. The van der Waals surface area contributed by atoms with Gasteiger partial charge in [0.1, 0.15) is 12.0 Å². The van der Waals surface area contributed by atoms with Crippen LogP contribution in [0.15, 0.2) is 61.1 Å². The molecule has 4 rings (SSSR count). The number of fused-ring (bicyclic) bond motifs is 1. The zero-order valence-corrected chi connectivity index (χ0v) is 15.5. The summed E-state index contributed by atoms with van der Waals surface area (Å²) in [5.74, 6) is 0.883. The van der Waals surface area contributed by atoms with Gasteiger partial charge in [-0.15, -0.1) is 0 Å². The monoisotopic (exact) mass is 396 g/mol. The van der Waals surface area contributed by atoms with Crippen molar-refractivity contribution in [3.8, 4) is 0 Å². The van der Waals surface area contributed by atoms with Crippen LogP contribution >= 0.6 is 23.2 Å². The smallest absolute Gasteiger partial charge is 0.159 e. The lowest BCUT2D eigenvalue weighted by Crippen LogP contribution is -2.05. The molecule has 2 aromatic heterocycles. The van der Waals surface area contributed by atoms with Crippen molar-refractivity contribution in [2.24, 2.45) is 0 Å². The predicted octanol–water partition coefficient (Wildman–Crippen LogP) is 5.40. The second-order valence-corrected chi connectivity index (χ2v) is 6.58. The number of nitrogens with one attached hydrogen (secondary N) is 2. The van der Waals surface area contributed by atoms with Crippen LogP contribution in [0.1, 0.15) is 0 Å². The Morgan fingerprint density at radius 3 is 2.37 bits per heavy atom. The Bertz CT molecular complexity index is 1130. The number of para-hydroxylation sites is 1. The number of hydrogen-bond donors (Lipinski definition) is 3. The van der Waals surface area contributed by atoms with Crippen molar-refractivity contribution in [2.75, 3.05) is 16.4 Å². The highest BCUT2D eigenvalue weighted by molar-refractivity contribution is 6.35. The Kier molecular flexibility index (Phi) is 4.66. The van der Waals surface area contributed by atoms with E-state index in [1.807, 2.05) is 30.3 Å². The number of anilines is 5. The number of nitrogens with two attached hydrogens (primary N) is 1. The zero-order chi connectivity index (χ0) is 18.8. The van der Waals surface area contributed by atoms with Crippen molar-refractivity contribution in [2.45, 2.75) is 0 Å². The fourth-order valence-corrected chi connectivity index (χ4v) is 2.99. The topological polar surface area (TPSA) is 88.8 Å². The normalized spacial score (nSPS) is 10.7. The Balaban J connectivity index is 1.69. The molecule has 2 aromatic carbocycles. The maximum atomic E-state index is 6.26. The highest BCUT2D eigenvalue weighted by Gasteiger charge is 2.12. The molecule has 0 aliphatic heterocycles. The number of halogens is 2. The largest absolute Gasteiger partial charge is 0.393 e. The van der Waals surface area contributed by atoms with Crippen molar-refractivity contribution in [3.63, 3.8) is 0 Å². The van der Waals surface area contributed by atoms with Crippen LogP contribution in [-0.2, 0) is 0 Å². The third-order valence-corrected chi connectivity index (χ3v) is 4.52. The van der Waals surface area contributed by atoms with Crippen molar-refractivity contribution in [3.05, 3.63) is 71.1 Å². The first kappa shape index (κ1) is 17.3. The molecule has 0 saturated carbocycles. The minimum Gasteiger partial charge on any atom is -0.393 e.